The third-order valence-corrected chi connectivity index (χ3v) is 4.53. The van der Waals surface area contributed by atoms with Crippen molar-refractivity contribution in [1.82, 2.24) is 0 Å². The number of aryl methyl sites for hydroxylation is 1. The van der Waals surface area contributed by atoms with Crippen molar-refractivity contribution in [3.05, 3.63) is 110 Å². The molecule has 0 atom stereocenters. The molecule has 0 bridgehead atoms. The van der Waals surface area contributed by atoms with Gasteiger partial charge in [-0.05, 0) is 34.9 Å². The summed E-state index contributed by atoms with van der Waals surface area (Å²) in [5.41, 5.74) is 4.50. The van der Waals surface area contributed by atoms with Crippen molar-refractivity contribution in [2.24, 2.45) is 0 Å². The van der Waals surface area contributed by atoms with Crippen LogP contribution in [0.2, 0.25) is 0 Å². The van der Waals surface area contributed by atoms with Gasteiger partial charge in [-0.25, -0.2) is 0 Å². The molecular weight excluding hydrogens is 421 g/mol. The summed E-state index contributed by atoms with van der Waals surface area (Å²) < 4.78 is 0. The van der Waals surface area contributed by atoms with Gasteiger partial charge in [0.15, 0.2) is 5.75 Å². The summed E-state index contributed by atoms with van der Waals surface area (Å²) in [4.78, 5) is 11.0. The van der Waals surface area contributed by atoms with E-state index in [-0.39, 0.29) is 40.1 Å². The molecule has 4 rings (SSSR count). The first-order valence-corrected chi connectivity index (χ1v) is 8.64. The van der Waals surface area contributed by atoms with E-state index < -0.39 is 0 Å². The van der Waals surface area contributed by atoms with E-state index in [1.54, 1.807) is 0 Å². The molecule has 0 fully saturated rings. The van der Waals surface area contributed by atoms with Crippen LogP contribution in [-0.2, 0) is 44.2 Å². The molecule has 2 nitrogen and oxygen atoms in total. The van der Waals surface area contributed by atoms with Gasteiger partial charge in [0.05, 0.1) is 0 Å². The van der Waals surface area contributed by atoms with Gasteiger partial charge < -0.3 is 12.3 Å². The van der Waals surface area contributed by atoms with Crippen LogP contribution in [0.5, 0.6) is 5.75 Å². The van der Waals surface area contributed by atoms with Crippen molar-refractivity contribution < 1.29 is 42.5 Å². The standard InChI is InChI=1S/C24H19O2.CH3.Y/c1-18-23-10-6-5-9-22(23)15-16-24(18)26-25-17-19-11-13-21(14-12-19)20-7-3-2-4-8-20;;/h3-16H,17H2,1H3;1H3;/q2*-1;. The predicted molar refractivity (Wildman–Crippen MR) is 111 cm³/mol. The average Bonchev–Trinajstić information content (AvgIpc) is 2.71. The maximum atomic E-state index is 5.56. The number of fused-ring (bicyclic) bond motifs is 1. The first-order chi connectivity index (χ1) is 12.8. The van der Waals surface area contributed by atoms with E-state index in [9.17, 15) is 0 Å². The van der Waals surface area contributed by atoms with Crippen molar-refractivity contribution in [2.75, 3.05) is 0 Å². The molecule has 28 heavy (non-hydrogen) atoms. The topological polar surface area (TPSA) is 18.5 Å². The Bertz CT molecular complexity index is 1010. The molecule has 0 aliphatic carbocycles. The van der Waals surface area contributed by atoms with E-state index in [0.29, 0.717) is 6.61 Å². The molecular formula is C25H22O2Y-2. The Morgan fingerprint density at radius 1 is 0.786 bits per heavy atom. The molecule has 0 N–H and O–H groups in total. The van der Waals surface area contributed by atoms with E-state index in [4.69, 9.17) is 9.78 Å². The molecule has 0 amide bonds. The van der Waals surface area contributed by atoms with Gasteiger partial charge in [-0.15, -0.1) is 5.56 Å². The molecule has 3 heteroatoms. The predicted octanol–water partition coefficient (Wildman–Crippen LogP) is 6.57. The maximum Gasteiger partial charge on any atom is 0.168 e. The van der Waals surface area contributed by atoms with Crippen molar-refractivity contribution in [1.29, 1.82) is 0 Å². The molecule has 4 aromatic carbocycles. The largest absolute Gasteiger partial charge is 0.358 e. The zero-order valence-corrected chi connectivity index (χ0v) is 19.0. The third-order valence-electron chi connectivity index (χ3n) is 4.53. The van der Waals surface area contributed by atoms with Crippen LogP contribution in [0.25, 0.3) is 21.9 Å². The normalized spacial score (nSPS) is 10.0. The van der Waals surface area contributed by atoms with Crippen molar-refractivity contribution in [2.45, 2.75) is 13.5 Å². The van der Waals surface area contributed by atoms with Crippen molar-refractivity contribution in [3.8, 4) is 16.9 Å². The van der Waals surface area contributed by atoms with E-state index in [1.807, 2.05) is 43.3 Å². The fraction of sp³-hybridized carbons (Fsp3) is 0.0800. The van der Waals surface area contributed by atoms with Crippen LogP contribution < -0.4 is 4.89 Å². The molecule has 1 radical (unpaired) electrons. The van der Waals surface area contributed by atoms with E-state index >= 15 is 0 Å². The Morgan fingerprint density at radius 3 is 2.21 bits per heavy atom. The Balaban J connectivity index is 0.00000140. The SMILES string of the molecule is Cc1c(OOCc2ccc(-c3cc[c-]cc3)cc2)ccc2ccccc12.[CH3-].[Y]. The Kier molecular flexibility index (Phi) is 8.38. The summed E-state index contributed by atoms with van der Waals surface area (Å²) in [6.45, 7) is 2.45. The molecule has 0 saturated heterocycles. The van der Waals surface area contributed by atoms with E-state index in [0.717, 1.165) is 16.9 Å². The average molecular weight is 443 g/mol. The number of rotatable bonds is 5. The molecule has 139 valence electrons. The Morgan fingerprint density at radius 2 is 1.46 bits per heavy atom. The van der Waals surface area contributed by atoms with Crippen LogP contribution in [0.4, 0.5) is 0 Å². The van der Waals surface area contributed by atoms with Crippen LogP contribution in [0.15, 0.2) is 84.9 Å². The molecule has 0 unspecified atom stereocenters. The summed E-state index contributed by atoms with van der Waals surface area (Å²) in [6.07, 6.45) is 0. The minimum atomic E-state index is 0. The molecule has 0 spiro atoms. The zero-order chi connectivity index (χ0) is 17.8. The van der Waals surface area contributed by atoms with E-state index in [2.05, 4.69) is 54.6 Å². The molecule has 0 saturated carbocycles. The van der Waals surface area contributed by atoms with Gasteiger partial charge >= 0.3 is 0 Å². The second kappa shape index (κ2) is 10.5. The van der Waals surface area contributed by atoms with Gasteiger partial charge in [0, 0.05) is 38.3 Å². The van der Waals surface area contributed by atoms with Crippen LogP contribution in [0.1, 0.15) is 11.1 Å². The Hall–Kier alpha value is -2.00. The monoisotopic (exact) mass is 443 g/mol. The van der Waals surface area contributed by atoms with Crippen LogP contribution in [0, 0.1) is 20.4 Å². The number of hydrogen-bond acceptors (Lipinski definition) is 2. The van der Waals surface area contributed by atoms with E-state index in [1.165, 1.54) is 21.9 Å². The second-order valence-corrected chi connectivity index (χ2v) is 6.24. The minimum absolute atomic E-state index is 0. The first-order valence-electron chi connectivity index (χ1n) is 8.64. The van der Waals surface area contributed by atoms with Gasteiger partial charge in [-0.2, -0.15) is 35.2 Å². The molecule has 0 aliphatic heterocycles. The summed E-state index contributed by atoms with van der Waals surface area (Å²) >= 11 is 0. The molecule has 0 aliphatic rings. The quantitative estimate of drug-likeness (QED) is 0.197. The van der Waals surface area contributed by atoms with Crippen molar-refractivity contribution in [3.63, 3.8) is 0 Å². The summed E-state index contributed by atoms with van der Waals surface area (Å²) in [5, 5.41) is 2.38. The van der Waals surface area contributed by atoms with Gasteiger partial charge in [-0.1, -0.05) is 54.6 Å². The van der Waals surface area contributed by atoms with Crippen LogP contribution >= 0.6 is 0 Å². The first kappa shape index (κ1) is 22.3. The summed E-state index contributed by atoms with van der Waals surface area (Å²) in [6, 6.07) is 31.6. The second-order valence-electron chi connectivity index (χ2n) is 6.24. The van der Waals surface area contributed by atoms with Crippen LogP contribution in [0.3, 0.4) is 0 Å². The molecule has 0 heterocycles. The molecule has 0 aromatic heterocycles. The fourth-order valence-electron chi connectivity index (χ4n) is 3.03. The fourth-order valence-corrected chi connectivity index (χ4v) is 3.03. The molecule has 4 aromatic rings. The van der Waals surface area contributed by atoms with Crippen molar-refractivity contribution >= 4 is 10.8 Å². The zero-order valence-electron chi connectivity index (χ0n) is 16.2. The maximum absolute atomic E-state index is 5.56. The smallest absolute Gasteiger partial charge is 0.168 e. The third kappa shape index (κ3) is 5.08. The number of hydrogen-bond donors (Lipinski definition) is 0. The summed E-state index contributed by atoms with van der Waals surface area (Å²) in [7, 11) is 0. The van der Waals surface area contributed by atoms with Crippen LogP contribution in [-0.4, -0.2) is 0 Å². The van der Waals surface area contributed by atoms with Gasteiger partial charge in [-0.3, -0.25) is 0 Å². The number of benzene rings is 4. The van der Waals surface area contributed by atoms with Gasteiger partial charge in [0.1, 0.15) is 6.61 Å². The summed E-state index contributed by atoms with van der Waals surface area (Å²) in [5.74, 6) is 0.751. The van der Waals surface area contributed by atoms with Gasteiger partial charge in [0.25, 0.3) is 0 Å². The Labute approximate surface area is 192 Å². The van der Waals surface area contributed by atoms with Gasteiger partial charge in [0.2, 0.25) is 0 Å². The minimum Gasteiger partial charge on any atom is -0.358 e.